The number of hydrogen-bond donors (Lipinski definition) is 0. The van der Waals surface area contributed by atoms with E-state index in [0.717, 1.165) is 31.1 Å². The Bertz CT molecular complexity index is 479. The van der Waals surface area contributed by atoms with E-state index in [2.05, 4.69) is 18.7 Å². The first-order valence-electron chi connectivity index (χ1n) is 8.10. The van der Waals surface area contributed by atoms with Gasteiger partial charge in [-0.2, -0.15) is 0 Å². The van der Waals surface area contributed by atoms with Crippen LogP contribution in [-0.2, 0) is 0 Å². The van der Waals surface area contributed by atoms with Crippen LogP contribution in [0, 0.1) is 11.8 Å². The number of hydrogen-bond acceptors (Lipinski definition) is 4. The molecule has 1 aromatic carbocycles. The lowest BCUT2D eigenvalue weighted by Gasteiger charge is -2.34. The number of methoxy groups -OCH3 is 1. The van der Waals surface area contributed by atoms with E-state index >= 15 is 0 Å². The molecule has 2 rings (SSSR count). The number of ether oxygens (including phenoxy) is 2. The van der Waals surface area contributed by atoms with Crippen molar-refractivity contribution in [3.63, 3.8) is 0 Å². The number of carbonyl (C=O) groups is 1. The molecule has 0 unspecified atom stereocenters. The van der Waals surface area contributed by atoms with Gasteiger partial charge in [0.1, 0.15) is 6.29 Å². The van der Waals surface area contributed by atoms with Gasteiger partial charge in [0.25, 0.3) is 0 Å². The summed E-state index contributed by atoms with van der Waals surface area (Å²) in [6.07, 6.45) is 3.15. The topological polar surface area (TPSA) is 38.8 Å². The summed E-state index contributed by atoms with van der Waals surface area (Å²) in [7, 11) is 1.59. The third-order valence-electron chi connectivity index (χ3n) is 4.14. The van der Waals surface area contributed by atoms with Gasteiger partial charge in [0.2, 0.25) is 0 Å². The summed E-state index contributed by atoms with van der Waals surface area (Å²) in [5.74, 6) is 2.90. The molecule has 0 radical (unpaired) electrons. The molecule has 1 heterocycles. The molecule has 0 bridgehead atoms. The molecular formula is C18H27NO3. The number of piperidine rings is 1. The van der Waals surface area contributed by atoms with Crippen LogP contribution in [0.5, 0.6) is 11.5 Å². The molecule has 0 N–H and O–H groups in total. The van der Waals surface area contributed by atoms with E-state index < -0.39 is 0 Å². The van der Waals surface area contributed by atoms with Crippen LogP contribution in [0.2, 0.25) is 0 Å². The van der Waals surface area contributed by atoms with E-state index in [1.807, 2.05) is 0 Å². The Morgan fingerprint density at radius 3 is 2.59 bits per heavy atom. The van der Waals surface area contributed by atoms with E-state index in [9.17, 15) is 4.79 Å². The monoisotopic (exact) mass is 305 g/mol. The Morgan fingerprint density at radius 2 is 1.95 bits per heavy atom. The highest BCUT2D eigenvalue weighted by atomic mass is 16.5. The van der Waals surface area contributed by atoms with Gasteiger partial charge in [0.15, 0.2) is 11.5 Å². The molecule has 1 fully saturated rings. The quantitative estimate of drug-likeness (QED) is 0.572. The molecule has 0 saturated carbocycles. The zero-order valence-electron chi connectivity index (χ0n) is 13.9. The smallest absolute Gasteiger partial charge is 0.161 e. The number of aldehydes is 1. The Hall–Kier alpha value is -1.55. The maximum atomic E-state index is 10.8. The fourth-order valence-corrected chi connectivity index (χ4v) is 3.32. The van der Waals surface area contributed by atoms with Crippen LogP contribution < -0.4 is 9.47 Å². The summed E-state index contributed by atoms with van der Waals surface area (Å²) in [5.41, 5.74) is 0.598. The SMILES string of the molecule is COc1cc(C=O)ccc1OCCCN1C[C@H](C)C[C@@H](C)C1. The molecule has 0 spiro atoms. The minimum Gasteiger partial charge on any atom is -0.493 e. The van der Waals surface area contributed by atoms with Crippen LogP contribution in [0.15, 0.2) is 18.2 Å². The minimum absolute atomic E-state index is 0.598. The molecule has 0 aliphatic carbocycles. The molecule has 0 amide bonds. The molecule has 2 atom stereocenters. The average Bonchev–Trinajstić information content (AvgIpc) is 2.50. The van der Waals surface area contributed by atoms with Crippen molar-refractivity contribution in [3.05, 3.63) is 23.8 Å². The molecule has 1 aliphatic heterocycles. The average molecular weight is 305 g/mol. The Kier molecular flexibility index (Phi) is 6.25. The predicted molar refractivity (Wildman–Crippen MR) is 87.9 cm³/mol. The van der Waals surface area contributed by atoms with E-state index in [1.165, 1.54) is 19.5 Å². The van der Waals surface area contributed by atoms with Crippen molar-refractivity contribution in [2.45, 2.75) is 26.7 Å². The highest BCUT2D eigenvalue weighted by Gasteiger charge is 2.21. The van der Waals surface area contributed by atoms with Crippen molar-refractivity contribution in [1.82, 2.24) is 4.90 Å². The van der Waals surface area contributed by atoms with Crippen LogP contribution in [0.1, 0.15) is 37.0 Å². The summed E-state index contributed by atoms with van der Waals surface area (Å²) in [5, 5.41) is 0. The van der Waals surface area contributed by atoms with Crippen LogP contribution in [-0.4, -0.2) is 44.5 Å². The van der Waals surface area contributed by atoms with E-state index in [-0.39, 0.29) is 0 Å². The van der Waals surface area contributed by atoms with E-state index in [0.29, 0.717) is 23.7 Å². The second-order valence-corrected chi connectivity index (χ2v) is 6.44. The Labute approximate surface area is 133 Å². The maximum Gasteiger partial charge on any atom is 0.161 e. The first-order chi connectivity index (χ1) is 10.6. The zero-order chi connectivity index (χ0) is 15.9. The van der Waals surface area contributed by atoms with Gasteiger partial charge in [0.05, 0.1) is 13.7 Å². The molecule has 0 aromatic heterocycles. The highest BCUT2D eigenvalue weighted by molar-refractivity contribution is 5.76. The van der Waals surface area contributed by atoms with Crippen molar-refractivity contribution in [3.8, 4) is 11.5 Å². The number of rotatable bonds is 7. The third-order valence-corrected chi connectivity index (χ3v) is 4.14. The third kappa shape index (κ3) is 4.73. The van der Waals surface area contributed by atoms with Gasteiger partial charge in [-0.25, -0.2) is 0 Å². The Morgan fingerprint density at radius 1 is 1.23 bits per heavy atom. The van der Waals surface area contributed by atoms with Crippen LogP contribution >= 0.6 is 0 Å². The van der Waals surface area contributed by atoms with Gasteiger partial charge in [-0.15, -0.1) is 0 Å². The first-order valence-corrected chi connectivity index (χ1v) is 8.10. The summed E-state index contributed by atoms with van der Waals surface area (Å²) in [6, 6.07) is 5.25. The fourth-order valence-electron chi connectivity index (χ4n) is 3.32. The molecule has 4 nitrogen and oxygen atoms in total. The summed E-state index contributed by atoms with van der Waals surface area (Å²) < 4.78 is 11.1. The number of carbonyl (C=O) groups excluding carboxylic acids is 1. The maximum absolute atomic E-state index is 10.8. The number of benzene rings is 1. The molecule has 1 aromatic rings. The summed E-state index contributed by atoms with van der Waals surface area (Å²) in [4.78, 5) is 13.3. The fraction of sp³-hybridized carbons (Fsp3) is 0.611. The highest BCUT2D eigenvalue weighted by Crippen LogP contribution is 2.27. The van der Waals surface area contributed by atoms with Gasteiger partial charge in [-0.1, -0.05) is 13.8 Å². The zero-order valence-corrected chi connectivity index (χ0v) is 13.9. The van der Waals surface area contributed by atoms with Crippen LogP contribution in [0.4, 0.5) is 0 Å². The van der Waals surface area contributed by atoms with Gasteiger partial charge in [0, 0.05) is 25.2 Å². The van der Waals surface area contributed by atoms with Crippen molar-refractivity contribution in [2.75, 3.05) is 33.4 Å². The molecular weight excluding hydrogens is 278 g/mol. The normalized spacial score (nSPS) is 22.3. The number of likely N-dealkylation sites (tertiary alicyclic amines) is 1. The summed E-state index contributed by atoms with van der Waals surface area (Å²) in [6.45, 7) is 8.79. The van der Waals surface area contributed by atoms with Crippen molar-refractivity contribution >= 4 is 6.29 Å². The lowest BCUT2D eigenvalue weighted by molar-refractivity contribution is 0.112. The second-order valence-electron chi connectivity index (χ2n) is 6.44. The molecule has 122 valence electrons. The first kappa shape index (κ1) is 16.8. The van der Waals surface area contributed by atoms with Gasteiger partial charge in [-0.05, 0) is 42.9 Å². The second kappa shape index (κ2) is 8.18. The van der Waals surface area contributed by atoms with Gasteiger partial charge >= 0.3 is 0 Å². The van der Waals surface area contributed by atoms with Gasteiger partial charge in [-0.3, -0.25) is 4.79 Å². The predicted octanol–water partition coefficient (Wildman–Crippen LogP) is 3.25. The lowest BCUT2D eigenvalue weighted by Crippen LogP contribution is -2.39. The van der Waals surface area contributed by atoms with Crippen molar-refractivity contribution in [2.24, 2.45) is 11.8 Å². The van der Waals surface area contributed by atoms with Crippen LogP contribution in [0.3, 0.4) is 0 Å². The minimum atomic E-state index is 0.598. The Balaban J connectivity index is 1.78. The van der Waals surface area contributed by atoms with E-state index in [4.69, 9.17) is 9.47 Å². The van der Waals surface area contributed by atoms with Crippen molar-refractivity contribution in [1.29, 1.82) is 0 Å². The number of nitrogens with zero attached hydrogens (tertiary/aromatic N) is 1. The molecule has 1 aliphatic rings. The molecule has 22 heavy (non-hydrogen) atoms. The molecule has 4 heteroatoms. The van der Waals surface area contributed by atoms with Gasteiger partial charge < -0.3 is 14.4 Å². The standard InChI is InChI=1S/C18H27NO3/c1-14-9-15(2)12-19(11-14)7-4-8-22-17-6-5-16(13-20)10-18(17)21-3/h5-6,10,13-15H,4,7-9,11-12H2,1-3H3/t14-,15-/m1/s1. The summed E-state index contributed by atoms with van der Waals surface area (Å²) >= 11 is 0. The lowest BCUT2D eigenvalue weighted by atomic mass is 9.92. The molecule has 1 saturated heterocycles. The van der Waals surface area contributed by atoms with Crippen molar-refractivity contribution < 1.29 is 14.3 Å². The largest absolute Gasteiger partial charge is 0.493 e. The van der Waals surface area contributed by atoms with E-state index in [1.54, 1.807) is 25.3 Å². The van der Waals surface area contributed by atoms with Crippen LogP contribution in [0.25, 0.3) is 0 Å².